The smallest absolute Gasteiger partial charge is 0.270 e. The van der Waals surface area contributed by atoms with Gasteiger partial charge in [-0.2, -0.15) is 0 Å². The Labute approximate surface area is 137 Å². The van der Waals surface area contributed by atoms with Crippen LogP contribution in [0, 0.1) is 0 Å². The van der Waals surface area contributed by atoms with Crippen molar-refractivity contribution in [1.82, 2.24) is 15.3 Å². The Balaban J connectivity index is 2.03. The van der Waals surface area contributed by atoms with E-state index >= 15 is 0 Å². The number of amides is 1. The summed E-state index contributed by atoms with van der Waals surface area (Å²) in [6.07, 6.45) is 5.76. The molecule has 0 aliphatic rings. The maximum absolute atomic E-state index is 12.1. The summed E-state index contributed by atoms with van der Waals surface area (Å²) in [6.45, 7) is 4.91. The number of carbonyl (C=O) groups excluding carboxylic acids is 1. The predicted octanol–water partition coefficient (Wildman–Crippen LogP) is 3.70. The van der Waals surface area contributed by atoms with Crippen molar-refractivity contribution in [3.8, 4) is 0 Å². The molecule has 1 aromatic heterocycles. The second-order valence-corrected chi connectivity index (χ2v) is 5.36. The lowest BCUT2D eigenvalue weighted by Crippen LogP contribution is -2.25. The van der Waals surface area contributed by atoms with Gasteiger partial charge in [0.05, 0.1) is 0 Å². The molecule has 1 amide bonds. The van der Waals surface area contributed by atoms with Gasteiger partial charge in [0.15, 0.2) is 0 Å². The van der Waals surface area contributed by atoms with Gasteiger partial charge in [0, 0.05) is 18.4 Å². The van der Waals surface area contributed by atoms with E-state index in [0.29, 0.717) is 18.2 Å². The highest BCUT2D eigenvalue weighted by molar-refractivity contribution is 5.92. The summed E-state index contributed by atoms with van der Waals surface area (Å²) in [4.78, 5) is 20.6. The zero-order valence-electron chi connectivity index (χ0n) is 13.8. The van der Waals surface area contributed by atoms with Crippen molar-refractivity contribution in [2.24, 2.45) is 0 Å². The van der Waals surface area contributed by atoms with E-state index in [1.165, 1.54) is 5.56 Å². The van der Waals surface area contributed by atoms with Gasteiger partial charge < -0.3 is 10.6 Å². The molecular formula is C18H24N4O. The molecule has 5 nitrogen and oxygen atoms in total. The van der Waals surface area contributed by atoms with E-state index in [9.17, 15) is 4.79 Å². The van der Waals surface area contributed by atoms with Crippen LogP contribution >= 0.6 is 0 Å². The molecule has 2 rings (SSSR count). The van der Waals surface area contributed by atoms with Crippen LogP contribution in [0.25, 0.3) is 0 Å². The Kier molecular flexibility index (Phi) is 6.54. The molecule has 122 valence electrons. The largest absolute Gasteiger partial charge is 0.351 e. The first-order chi connectivity index (χ1) is 11.2. The van der Waals surface area contributed by atoms with E-state index in [-0.39, 0.29) is 5.91 Å². The number of anilines is 2. The second-order valence-electron chi connectivity index (χ2n) is 5.36. The van der Waals surface area contributed by atoms with Gasteiger partial charge in [-0.1, -0.05) is 44.9 Å². The summed E-state index contributed by atoms with van der Waals surface area (Å²) in [5.74, 6) is 0.280. The van der Waals surface area contributed by atoms with Crippen molar-refractivity contribution >= 4 is 17.5 Å². The molecule has 0 aliphatic heterocycles. The number of hydrogen-bond acceptors (Lipinski definition) is 4. The SMILES string of the molecule is CCCCCNC(=O)c1ccnc(Nc2ccccc2CC)n1. The standard InChI is InChI=1S/C18H24N4O/c1-3-5-8-12-19-17(23)16-11-13-20-18(22-16)21-15-10-7-6-9-14(15)4-2/h6-7,9-11,13H,3-5,8,12H2,1-2H3,(H,19,23)(H,20,21,22). The molecule has 0 radical (unpaired) electrons. The van der Waals surface area contributed by atoms with E-state index in [1.807, 2.05) is 18.2 Å². The summed E-state index contributed by atoms with van der Waals surface area (Å²) in [7, 11) is 0. The molecule has 0 aliphatic carbocycles. The van der Waals surface area contributed by atoms with E-state index in [0.717, 1.165) is 31.4 Å². The van der Waals surface area contributed by atoms with Crippen LogP contribution in [0.4, 0.5) is 11.6 Å². The van der Waals surface area contributed by atoms with E-state index in [4.69, 9.17) is 0 Å². The minimum Gasteiger partial charge on any atom is -0.351 e. The normalized spacial score (nSPS) is 10.3. The predicted molar refractivity (Wildman–Crippen MR) is 93.0 cm³/mol. The molecule has 1 aromatic carbocycles. The van der Waals surface area contributed by atoms with Crippen LogP contribution in [-0.4, -0.2) is 22.4 Å². The van der Waals surface area contributed by atoms with Crippen molar-refractivity contribution in [3.05, 3.63) is 47.8 Å². The van der Waals surface area contributed by atoms with Crippen molar-refractivity contribution in [2.75, 3.05) is 11.9 Å². The topological polar surface area (TPSA) is 66.9 Å². The van der Waals surface area contributed by atoms with Gasteiger partial charge >= 0.3 is 0 Å². The maximum atomic E-state index is 12.1. The first-order valence-corrected chi connectivity index (χ1v) is 8.20. The van der Waals surface area contributed by atoms with Gasteiger partial charge in [0.2, 0.25) is 5.95 Å². The molecule has 5 heteroatoms. The molecule has 2 N–H and O–H groups in total. The minimum absolute atomic E-state index is 0.157. The number of hydrogen-bond donors (Lipinski definition) is 2. The zero-order valence-corrected chi connectivity index (χ0v) is 13.8. The number of rotatable bonds is 8. The Hall–Kier alpha value is -2.43. The number of benzene rings is 1. The summed E-state index contributed by atoms with van der Waals surface area (Å²) in [6, 6.07) is 9.65. The number of para-hydroxylation sites is 1. The van der Waals surface area contributed by atoms with Crippen LogP contribution in [0.5, 0.6) is 0 Å². The average molecular weight is 312 g/mol. The molecule has 0 spiro atoms. The van der Waals surface area contributed by atoms with Gasteiger partial charge in [0.25, 0.3) is 5.91 Å². The van der Waals surface area contributed by atoms with Crippen molar-refractivity contribution in [2.45, 2.75) is 39.5 Å². The van der Waals surface area contributed by atoms with Gasteiger partial charge in [-0.15, -0.1) is 0 Å². The lowest BCUT2D eigenvalue weighted by molar-refractivity contribution is 0.0948. The monoisotopic (exact) mass is 312 g/mol. The molecule has 0 bridgehead atoms. The third-order valence-corrected chi connectivity index (χ3v) is 3.60. The van der Waals surface area contributed by atoms with Crippen LogP contribution in [-0.2, 0) is 6.42 Å². The molecule has 0 atom stereocenters. The molecule has 1 heterocycles. The van der Waals surface area contributed by atoms with Crippen molar-refractivity contribution in [3.63, 3.8) is 0 Å². The highest BCUT2D eigenvalue weighted by atomic mass is 16.1. The number of nitrogens with zero attached hydrogens (tertiary/aromatic N) is 2. The zero-order chi connectivity index (χ0) is 16.5. The van der Waals surface area contributed by atoms with Crippen LogP contribution in [0.2, 0.25) is 0 Å². The number of aryl methyl sites for hydroxylation is 1. The molecule has 0 fully saturated rings. The fraction of sp³-hybridized carbons (Fsp3) is 0.389. The third kappa shape index (κ3) is 5.06. The highest BCUT2D eigenvalue weighted by Crippen LogP contribution is 2.18. The van der Waals surface area contributed by atoms with E-state index in [2.05, 4.69) is 40.5 Å². The number of nitrogens with one attached hydrogen (secondary N) is 2. The number of aromatic nitrogens is 2. The van der Waals surface area contributed by atoms with Crippen molar-refractivity contribution < 1.29 is 4.79 Å². The lowest BCUT2D eigenvalue weighted by Gasteiger charge is -2.10. The van der Waals surface area contributed by atoms with Crippen LogP contribution in [0.1, 0.15) is 49.2 Å². The van der Waals surface area contributed by atoms with Gasteiger partial charge in [-0.25, -0.2) is 9.97 Å². The Morgan fingerprint density at radius 1 is 1.13 bits per heavy atom. The number of carbonyl (C=O) groups is 1. The van der Waals surface area contributed by atoms with Gasteiger partial charge in [-0.3, -0.25) is 4.79 Å². The molecule has 23 heavy (non-hydrogen) atoms. The molecule has 0 saturated carbocycles. The van der Waals surface area contributed by atoms with Gasteiger partial charge in [0.1, 0.15) is 5.69 Å². The van der Waals surface area contributed by atoms with E-state index in [1.54, 1.807) is 12.3 Å². The fourth-order valence-corrected chi connectivity index (χ4v) is 2.28. The Morgan fingerprint density at radius 2 is 1.96 bits per heavy atom. The Bertz CT molecular complexity index is 642. The molecular weight excluding hydrogens is 288 g/mol. The minimum atomic E-state index is -0.157. The van der Waals surface area contributed by atoms with Crippen molar-refractivity contribution in [1.29, 1.82) is 0 Å². The number of unbranched alkanes of at least 4 members (excludes halogenated alkanes) is 2. The third-order valence-electron chi connectivity index (χ3n) is 3.60. The fourth-order valence-electron chi connectivity index (χ4n) is 2.28. The van der Waals surface area contributed by atoms with E-state index < -0.39 is 0 Å². The molecule has 0 saturated heterocycles. The highest BCUT2D eigenvalue weighted by Gasteiger charge is 2.09. The summed E-state index contributed by atoms with van der Waals surface area (Å²) >= 11 is 0. The average Bonchev–Trinajstić information content (AvgIpc) is 2.59. The maximum Gasteiger partial charge on any atom is 0.270 e. The summed E-state index contributed by atoms with van der Waals surface area (Å²) in [5.41, 5.74) is 2.54. The molecule has 2 aromatic rings. The molecule has 0 unspecified atom stereocenters. The summed E-state index contributed by atoms with van der Waals surface area (Å²) in [5, 5.41) is 6.08. The Morgan fingerprint density at radius 3 is 2.74 bits per heavy atom. The van der Waals surface area contributed by atoms with Crippen LogP contribution < -0.4 is 10.6 Å². The lowest BCUT2D eigenvalue weighted by atomic mass is 10.1. The second kappa shape index (κ2) is 8.88. The first-order valence-electron chi connectivity index (χ1n) is 8.20. The van der Waals surface area contributed by atoms with Gasteiger partial charge in [-0.05, 0) is 30.5 Å². The summed E-state index contributed by atoms with van der Waals surface area (Å²) < 4.78 is 0. The first kappa shape index (κ1) is 16.9. The van der Waals surface area contributed by atoms with Crippen LogP contribution in [0.15, 0.2) is 36.5 Å². The quantitative estimate of drug-likeness (QED) is 0.729. The van der Waals surface area contributed by atoms with Crippen LogP contribution in [0.3, 0.4) is 0 Å².